The fraction of sp³-hybridized carbons (Fsp3) is 0.500. The van der Waals surface area contributed by atoms with Gasteiger partial charge in [-0.3, -0.25) is 0 Å². The first-order valence-corrected chi connectivity index (χ1v) is 5.56. The molecule has 1 aromatic heterocycles. The zero-order chi connectivity index (χ0) is 9.80. The molecule has 0 spiro atoms. The molecule has 14 heavy (non-hydrogen) atoms. The van der Waals surface area contributed by atoms with Crippen LogP contribution < -0.4 is 5.32 Å². The van der Waals surface area contributed by atoms with Gasteiger partial charge < -0.3 is 10.1 Å². The molecule has 3 nitrogen and oxygen atoms in total. The van der Waals surface area contributed by atoms with Crippen LogP contribution in [0.3, 0.4) is 0 Å². The van der Waals surface area contributed by atoms with Gasteiger partial charge in [-0.2, -0.15) is 0 Å². The summed E-state index contributed by atoms with van der Waals surface area (Å²) < 4.78 is 6.58. The topological polar surface area (TPSA) is 34.1 Å². The first-order valence-electron chi connectivity index (χ1n) is 4.77. The van der Waals surface area contributed by atoms with E-state index in [0.29, 0.717) is 12.7 Å². The molecule has 0 aliphatic carbocycles. The lowest BCUT2D eigenvalue weighted by Crippen LogP contribution is -2.16. The van der Waals surface area contributed by atoms with Crippen LogP contribution in [0.5, 0.6) is 0 Å². The second-order valence-corrected chi connectivity index (χ2v) is 4.23. The van der Waals surface area contributed by atoms with Gasteiger partial charge in [-0.25, -0.2) is 4.98 Å². The van der Waals surface area contributed by atoms with E-state index in [9.17, 15) is 0 Å². The summed E-state index contributed by atoms with van der Waals surface area (Å²) >= 11 is 3.30. The molecule has 1 atom stereocenters. The molecule has 1 aliphatic rings. The Balaban J connectivity index is 1.82. The molecule has 2 rings (SSSR count). The average Bonchev–Trinajstić information content (AvgIpc) is 2.70. The van der Waals surface area contributed by atoms with Gasteiger partial charge in [0.15, 0.2) is 0 Å². The van der Waals surface area contributed by atoms with E-state index in [1.807, 2.05) is 18.3 Å². The van der Waals surface area contributed by atoms with E-state index in [4.69, 9.17) is 4.74 Å². The van der Waals surface area contributed by atoms with Crippen LogP contribution in [-0.4, -0.2) is 24.2 Å². The Labute approximate surface area is 92.0 Å². The Bertz CT molecular complexity index is 283. The lowest BCUT2D eigenvalue weighted by Gasteiger charge is -2.09. The van der Waals surface area contributed by atoms with Crippen LogP contribution in [0.15, 0.2) is 22.9 Å². The fourth-order valence-corrected chi connectivity index (χ4v) is 1.71. The number of halogens is 1. The predicted octanol–water partition coefficient (Wildman–Crippen LogP) is 1.72. The second kappa shape index (κ2) is 4.87. The molecule has 0 unspecified atom stereocenters. The lowest BCUT2D eigenvalue weighted by molar-refractivity contribution is 0.0540. The van der Waals surface area contributed by atoms with Crippen LogP contribution in [0.25, 0.3) is 0 Å². The van der Waals surface area contributed by atoms with E-state index in [2.05, 4.69) is 26.2 Å². The molecule has 1 aromatic rings. The Morgan fingerprint density at radius 1 is 1.57 bits per heavy atom. The fourth-order valence-electron chi connectivity index (χ4n) is 1.48. The highest BCUT2D eigenvalue weighted by molar-refractivity contribution is 9.10. The molecule has 2 heterocycles. The van der Waals surface area contributed by atoms with Crippen molar-refractivity contribution in [2.75, 3.05) is 13.1 Å². The van der Waals surface area contributed by atoms with E-state index in [0.717, 1.165) is 29.7 Å². The summed E-state index contributed by atoms with van der Waals surface area (Å²) in [7, 11) is 0. The monoisotopic (exact) mass is 256 g/mol. The third kappa shape index (κ3) is 2.77. The highest BCUT2D eigenvalue weighted by atomic mass is 79.9. The van der Waals surface area contributed by atoms with E-state index >= 15 is 0 Å². The van der Waals surface area contributed by atoms with Gasteiger partial charge in [0, 0.05) is 12.7 Å². The maximum atomic E-state index is 5.71. The number of rotatable bonds is 3. The minimum Gasteiger partial charge on any atom is -0.372 e. The molecule has 0 amide bonds. The zero-order valence-corrected chi connectivity index (χ0v) is 9.46. The summed E-state index contributed by atoms with van der Waals surface area (Å²) in [5.74, 6) is 0. The number of ether oxygens (including phenoxy) is 1. The number of pyridine rings is 1. The molecule has 76 valence electrons. The van der Waals surface area contributed by atoms with Crippen LogP contribution in [0.4, 0.5) is 0 Å². The molecule has 0 saturated carbocycles. The smallest absolute Gasteiger partial charge is 0.106 e. The van der Waals surface area contributed by atoms with Gasteiger partial charge in [0.2, 0.25) is 0 Å². The third-order valence-electron chi connectivity index (χ3n) is 2.29. The summed E-state index contributed by atoms with van der Waals surface area (Å²) in [5, 5.41) is 3.27. The maximum Gasteiger partial charge on any atom is 0.106 e. The molecule has 0 aromatic carbocycles. The number of hydrogen-bond donors (Lipinski definition) is 1. The van der Waals surface area contributed by atoms with Gasteiger partial charge in [0.05, 0.1) is 12.7 Å². The molecule has 0 radical (unpaired) electrons. The van der Waals surface area contributed by atoms with Gasteiger partial charge in [0.25, 0.3) is 0 Å². The molecule has 1 N–H and O–H groups in total. The number of nitrogens with one attached hydrogen (secondary N) is 1. The van der Waals surface area contributed by atoms with Crippen molar-refractivity contribution >= 4 is 15.9 Å². The SMILES string of the molecule is Brc1ccc(CO[C@@H]2CCNC2)cn1. The Morgan fingerprint density at radius 3 is 3.14 bits per heavy atom. The lowest BCUT2D eigenvalue weighted by atomic mass is 10.3. The van der Waals surface area contributed by atoms with Crippen LogP contribution in [0, 0.1) is 0 Å². The minimum absolute atomic E-state index is 0.374. The Kier molecular flexibility index (Phi) is 3.50. The number of hydrogen-bond acceptors (Lipinski definition) is 3. The van der Waals surface area contributed by atoms with Crippen molar-refractivity contribution in [2.24, 2.45) is 0 Å². The average molecular weight is 257 g/mol. The van der Waals surface area contributed by atoms with Gasteiger partial charge in [-0.15, -0.1) is 0 Å². The maximum absolute atomic E-state index is 5.71. The minimum atomic E-state index is 0.374. The molecular formula is C10H13BrN2O. The summed E-state index contributed by atoms with van der Waals surface area (Å²) in [4.78, 5) is 4.15. The largest absolute Gasteiger partial charge is 0.372 e. The predicted molar refractivity (Wildman–Crippen MR) is 58.0 cm³/mol. The first kappa shape index (κ1) is 10.1. The van der Waals surface area contributed by atoms with E-state index in [-0.39, 0.29) is 0 Å². The zero-order valence-electron chi connectivity index (χ0n) is 7.87. The van der Waals surface area contributed by atoms with Gasteiger partial charge in [-0.1, -0.05) is 6.07 Å². The van der Waals surface area contributed by atoms with Crippen LogP contribution in [0.1, 0.15) is 12.0 Å². The quantitative estimate of drug-likeness (QED) is 0.837. The van der Waals surface area contributed by atoms with Crippen molar-refractivity contribution in [3.05, 3.63) is 28.5 Å². The molecule has 1 aliphatic heterocycles. The van der Waals surface area contributed by atoms with Crippen molar-refractivity contribution in [1.82, 2.24) is 10.3 Å². The molecular weight excluding hydrogens is 244 g/mol. The number of nitrogens with zero attached hydrogens (tertiary/aromatic N) is 1. The van der Waals surface area contributed by atoms with Crippen molar-refractivity contribution in [1.29, 1.82) is 0 Å². The molecule has 1 fully saturated rings. The van der Waals surface area contributed by atoms with Crippen molar-refractivity contribution < 1.29 is 4.74 Å². The summed E-state index contributed by atoms with van der Waals surface area (Å²) in [6.07, 6.45) is 3.33. The second-order valence-electron chi connectivity index (χ2n) is 3.41. The summed E-state index contributed by atoms with van der Waals surface area (Å²) in [6.45, 7) is 2.71. The van der Waals surface area contributed by atoms with Gasteiger partial charge in [0.1, 0.15) is 4.60 Å². The highest BCUT2D eigenvalue weighted by Crippen LogP contribution is 2.10. The Hall–Kier alpha value is -0.450. The standard InChI is InChI=1S/C10H13BrN2O/c11-10-2-1-8(5-13-10)7-14-9-3-4-12-6-9/h1-2,5,9,12H,3-4,6-7H2/t9-/m1/s1. The van der Waals surface area contributed by atoms with Crippen LogP contribution in [-0.2, 0) is 11.3 Å². The highest BCUT2D eigenvalue weighted by Gasteiger charge is 2.14. The van der Waals surface area contributed by atoms with Crippen LogP contribution in [0.2, 0.25) is 0 Å². The van der Waals surface area contributed by atoms with Gasteiger partial charge in [-0.05, 0) is 40.5 Å². The summed E-state index contributed by atoms with van der Waals surface area (Å²) in [6, 6.07) is 3.96. The van der Waals surface area contributed by atoms with E-state index in [1.165, 1.54) is 0 Å². The molecule has 0 bridgehead atoms. The third-order valence-corrected chi connectivity index (χ3v) is 2.76. The van der Waals surface area contributed by atoms with E-state index < -0.39 is 0 Å². The van der Waals surface area contributed by atoms with Gasteiger partial charge >= 0.3 is 0 Å². The van der Waals surface area contributed by atoms with Crippen LogP contribution >= 0.6 is 15.9 Å². The first-order chi connectivity index (χ1) is 6.84. The van der Waals surface area contributed by atoms with Crippen molar-refractivity contribution in [2.45, 2.75) is 19.1 Å². The Morgan fingerprint density at radius 2 is 2.50 bits per heavy atom. The number of aromatic nitrogens is 1. The van der Waals surface area contributed by atoms with E-state index in [1.54, 1.807) is 0 Å². The van der Waals surface area contributed by atoms with Crippen molar-refractivity contribution in [3.8, 4) is 0 Å². The molecule has 1 saturated heterocycles. The van der Waals surface area contributed by atoms with Crippen molar-refractivity contribution in [3.63, 3.8) is 0 Å². The summed E-state index contributed by atoms with van der Waals surface area (Å²) in [5.41, 5.74) is 1.13. The molecule has 4 heteroatoms. The normalized spacial score (nSPS) is 21.4.